The molecule has 1 aliphatic carbocycles. The van der Waals surface area contributed by atoms with Crippen LogP contribution in [-0.2, 0) is 16.6 Å². The third kappa shape index (κ3) is 5.21. The first-order chi connectivity index (χ1) is 16.9. The lowest BCUT2D eigenvalue weighted by molar-refractivity contribution is 0.0729. The third-order valence-corrected chi connectivity index (χ3v) is 8.37. The molecule has 1 amide bonds. The van der Waals surface area contributed by atoms with Gasteiger partial charge in [0.25, 0.3) is 5.91 Å². The summed E-state index contributed by atoms with van der Waals surface area (Å²) < 4.78 is 41.4. The summed E-state index contributed by atoms with van der Waals surface area (Å²) in [5.41, 5.74) is 2.17. The zero-order valence-corrected chi connectivity index (χ0v) is 20.1. The molecule has 0 unspecified atom stereocenters. The SMILES string of the molecule is O=C(c1cccc(S(=O)(=O)N2CCN(c3ccc(F)cc3)CC2)c1)N(Cc1cccnc1)C1CC1. The highest BCUT2D eigenvalue weighted by atomic mass is 32.2. The Hall–Kier alpha value is -3.30. The van der Waals surface area contributed by atoms with E-state index in [1.807, 2.05) is 21.9 Å². The number of sulfonamides is 1. The first-order valence-electron chi connectivity index (χ1n) is 11.7. The van der Waals surface area contributed by atoms with Gasteiger partial charge in [0.2, 0.25) is 10.0 Å². The van der Waals surface area contributed by atoms with Gasteiger partial charge in [-0.1, -0.05) is 12.1 Å². The number of halogens is 1. The van der Waals surface area contributed by atoms with Crippen LogP contribution in [0.15, 0.2) is 78.0 Å². The van der Waals surface area contributed by atoms with Crippen molar-refractivity contribution < 1.29 is 17.6 Å². The number of pyridine rings is 1. The fourth-order valence-electron chi connectivity index (χ4n) is 4.38. The van der Waals surface area contributed by atoms with E-state index in [1.54, 1.807) is 42.7 Å². The molecule has 182 valence electrons. The van der Waals surface area contributed by atoms with E-state index in [4.69, 9.17) is 0 Å². The summed E-state index contributed by atoms with van der Waals surface area (Å²) in [6.07, 6.45) is 5.33. The number of rotatable bonds is 7. The van der Waals surface area contributed by atoms with Crippen LogP contribution in [0.3, 0.4) is 0 Å². The van der Waals surface area contributed by atoms with Gasteiger partial charge in [-0.2, -0.15) is 4.31 Å². The Morgan fingerprint density at radius 3 is 2.40 bits per heavy atom. The van der Waals surface area contributed by atoms with Gasteiger partial charge in [-0.15, -0.1) is 0 Å². The first kappa shape index (κ1) is 23.4. The monoisotopic (exact) mass is 494 g/mol. The molecule has 2 heterocycles. The van der Waals surface area contributed by atoms with Crippen LogP contribution in [0.4, 0.5) is 10.1 Å². The molecule has 35 heavy (non-hydrogen) atoms. The molecule has 5 rings (SSSR count). The van der Waals surface area contributed by atoms with Gasteiger partial charge in [0, 0.05) is 62.4 Å². The Morgan fingerprint density at radius 1 is 1.00 bits per heavy atom. The molecular weight excluding hydrogens is 467 g/mol. The van der Waals surface area contributed by atoms with Crippen molar-refractivity contribution in [3.63, 3.8) is 0 Å². The van der Waals surface area contributed by atoms with Crippen molar-refractivity contribution in [1.82, 2.24) is 14.2 Å². The molecule has 0 spiro atoms. The van der Waals surface area contributed by atoms with Gasteiger partial charge in [-0.25, -0.2) is 12.8 Å². The van der Waals surface area contributed by atoms with Gasteiger partial charge in [-0.3, -0.25) is 9.78 Å². The molecule has 2 aliphatic rings. The normalized spacial score (nSPS) is 16.8. The second-order valence-corrected chi connectivity index (χ2v) is 10.9. The van der Waals surface area contributed by atoms with Crippen LogP contribution in [0.5, 0.6) is 0 Å². The van der Waals surface area contributed by atoms with Crippen molar-refractivity contribution in [2.75, 3.05) is 31.1 Å². The summed E-state index contributed by atoms with van der Waals surface area (Å²) in [6, 6.07) is 16.5. The maximum atomic E-state index is 13.4. The van der Waals surface area contributed by atoms with Gasteiger partial charge < -0.3 is 9.80 Å². The van der Waals surface area contributed by atoms with Crippen molar-refractivity contribution in [3.05, 3.63) is 90.0 Å². The smallest absolute Gasteiger partial charge is 0.254 e. The molecular formula is C26H27FN4O3S. The van der Waals surface area contributed by atoms with E-state index >= 15 is 0 Å². The van der Waals surface area contributed by atoms with Crippen LogP contribution in [0.25, 0.3) is 0 Å². The van der Waals surface area contributed by atoms with Gasteiger partial charge >= 0.3 is 0 Å². The number of anilines is 1. The number of piperazine rings is 1. The van der Waals surface area contributed by atoms with Crippen molar-refractivity contribution >= 4 is 21.6 Å². The Morgan fingerprint density at radius 2 is 1.74 bits per heavy atom. The summed E-state index contributed by atoms with van der Waals surface area (Å²) in [5.74, 6) is -0.473. The Kier molecular flexibility index (Phi) is 6.53. The van der Waals surface area contributed by atoms with E-state index in [0.29, 0.717) is 38.3 Å². The molecule has 0 bridgehead atoms. The molecule has 1 saturated carbocycles. The Balaban J connectivity index is 1.30. The molecule has 0 radical (unpaired) electrons. The van der Waals surface area contributed by atoms with Crippen molar-refractivity contribution in [2.45, 2.75) is 30.3 Å². The second-order valence-electron chi connectivity index (χ2n) is 8.92. The van der Waals surface area contributed by atoms with Crippen LogP contribution in [0.1, 0.15) is 28.8 Å². The zero-order valence-electron chi connectivity index (χ0n) is 19.3. The topological polar surface area (TPSA) is 73.8 Å². The minimum Gasteiger partial charge on any atom is -0.369 e. The largest absolute Gasteiger partial charge is 0.369 e. The average Bonchev–Trinajstić information content (AvgIpc) is 3.74. The minimum atomic E-state index is -3.75. The molecule has 9 heteroatoms. The molecule has 1 saturated heterocycles. The fourth-order valence-corrected chi connectivity index (χ4v) is 5.85. The number of hydrogen-bond acceptors (Lipinski definition) is 5. The zero-order chi connectivity index (χ0) is 24.4. The number of carbonyl (C=O) groups is 1. The maximum absolute atomic E-state index is 13.4. The lowest BCUT2D eigenvalue weighted by Crippen LogP contribution is -2.48. The highest BCUT2D eigenvalue weighted by Gasteiger charge is 2.34. The quantitative estimate of drug-likeness (QED) is 0.502. The van der Waals surface area contributed by atoms with Gasteiger partial charge in [0.15, 0.2) is 0 Å². The highest BCUT2D eigenvalue weighted by molar-refractivity contribution is 7.89. The van der Waals surface area contributed by atoms with Gasteiger partial charge in [0.05, 0.1) is 4.90 Å². The second kappa shape index (κ2) is 9.75. The van der Waals surface area contributed by atoms with E-state index in [-0.39, 0.29) is 22.7 Å². The summed E-state index contributed by atoms with van der Waals surface area (Å²) in [6.45, 7) is 2.08. The van der Waals surface area contributed by atoms with E-state index in [0.717, 1.165) is 24.1 Å². The predicted octanol–water partition coefficient (Wildman–Crippen LogP) is 3.54. The number of carbonyl (C=O) groups excluding carboxylic acids is 1. The molecule has 1 aromatic heterocycles. The van der Waals surface area contributed by atoms with Crippen LogP contribution in [0, 0.1) is 5.82 Å². The summed E-state index contributed by atoms with van der Waals surface area (Å²) in [4.78, 5) is 21.5. The number of amides is 1. The molecule has 2 aromatic carbocycles. The summed E-state index contributed by atoms with van der Waals surface area (Å²) >= 11 is 0. The molecule has 7 nitrogen and oxygen atoms in total. The molecule has 0 N–H and O–H groups in total. The van der Waals surface area contributed by atoms with Crippen LogP contribution >= 0.6 is 0 Å². The fraction of sp³-hybridized carbons (Fsp3) is 0.308. The van der Waals surface area contributed by atoms with Crippen molar-refractivity contribution in [3.8, 4) is 0 Å². The Bertz CT molecular complexity index is 1290. The van der Waals surface area contributed by atoms with E-state index in [2.05, 4.69) is 4.98 Å². The lowest BCUT2D eigenvalue weighted by atomic mass is 10.1. The standard InChI is InChI=1S/C26H27FN4O3S/c27-22-6-8-23(9-7-22)29-13-15-30(16-14-29)35(33,34)25-5-1-4-21(17-25)26(32)31(24-10-11-24)19-20-3-2-12-28-18-20/h1-9,12,17-18,24H,10-11,13-16,19H2. The van der Waals surface area contributed by atoms with Crippen LogP contribution < -0.4 is 4.90 Å². The lowest BCUT2D eigenvalue weighted by Gasteiger charge is -2.35. The number of aromatic nitrogens is 1. The molecule has 1 aliphatic heterocycles. The molecule has 2 fully saturated rings. The number of hydrogen-bond donors (Lipinski definition) is 0. The van der Waals surface area contributed by atoms with Gasteiger partial charge in [0.1, 0.15) is 5.82 Å². The summed E-state index contributed by atoms with van der Waals surface area (Å²) in [5, 5.41) is 0. The Labute approximate surface area is 204 Å². The van der Waals surface area contributed by atoms with E-state index < -0.39 is 10.0 Å². The van der Waals surface area contributed by atoms with Crippen LogP contribution in [0.2, 0.25) is 0 Å². The van der Waals surface area contributed by atoms with Gasteiger partial charge in [-0.05, 0) is 66.9 Å². The highest BCUT2D eigenvalue weighted by Crippen LogP contribution is 2.30. The minimum absolute atomic E-state index is 0.121. The molecule has 0 atom stereocenters. The van der Waals surface area contributed by atoms with Crippen molar-refractivity contribution in [2.24, 2.45) is 0 Å². The predicted molar refractivity (Wildman–Crippen MR) is 131 cm³/mol. The van der Waals surface area contributed by atoms with Crippen LogP contribution in [-0.4, -0.2) is 60.7 Å². The summed E-state index contributed by atoms with van der Waals surface area (Å²) in [7, 11) is -3.75. The maximum Gasteiger partial charge on any atom is 0.254 e. The molecule has 3 aromatic rings. The van der Waals surface area contributed by atoms with Crippen molar-refractivity contribution in [1.29, 1.82) is 0 Å². The van der Waals surface area contributed by atoms with E-state index in [9.17, 15) is 17.6 Å². The number of nitrogens with zero attached hydrogens (tertiary/aromatic N) is 4. The number of benzene rings is 2. The average molecular weight is 495 g/mol. The van der Waals surface area contributed by atoms with E-state index in [1.165, 1.54) is 22.5 Å². The third-order valence-electron chi connectivity index (χ3n) is 6.47. The first-order valence-corrected chi connectivity index (χ1v) is 13.2.